The largest absolute Gasteiger partial charge is 0.507 e. The topological polar surface area (TPSA) is 80.0 Å². The van der Waals surface area contributed by atoms with Crippen molar-refractivity contribution in [2.75, 3.05) is 7.11 Å². The summed E-state index contributed by atoms with van der Waals surface area (Å²) in [5, 5.41) is 19.7. The molecule has 0 amide bonds. The highest BCUT2D eigenvalue weighted by Gasteiger charge is 2.08. The van der Waals surface area contributed by atoms with Crippen molar-refractivity contribution in [3.8, 4) is 22.8 Å². The first-order valence-corrected chi connectivity index (χ1v) is 8.34. The van der Waals surface area contributed by atoms with Crippen molar-refractivity contribution in [1.29, 1.82) is 0 Å². The standard InChI is InChI=1S/C21H16N4O2/c1-27-17-6-2-5-15(12-17)24-25-16-8-10-20(26)18(13-16)19-9-7-14-4-3-11-22-21(14)23-19/h2-13,26H,1H3. The van der Waals surface area contributed by atoms with Crippen LogP contribution in [0, 0.1) is 0 Å². The second kappa shape index (κ2) is 7.21. The number of fused-ring (bicyclic) bond motifs is 1. The molecule has 2 aromatic carbocycles. The summed E-state index contributed by atoms with van der Waals surface area (Å²) in [4.78, 5) is 8.79. The lowest BCUT2D eigenvalue weighted by Crippen LogP contribution is -1.88. The maximum Gasteiger partial charge on any atom is 0.159 e. The zero-order chi connectivity index (χ0) is 18.6. The third-order valence-electron chi connectivity index (χ3n) is 4.05. The summed E-state index contributed by atoms with van der Waals surface area (Å²) >= 11 is 0. The molecule has 0 aliphatic rings. The van der Waals surface area contributed by atoms with Gasteiger partial charge in [0, 0.05) is 23.2 Å². The predicted molar refractivity (Wildman–Crippen MR) is 104 cm³/mol. The van der Waals surface area contributed by atoms with Crippen molar-refractivity contribution < 1.29 is 9.84 Å². The number of hydrogen-bond donors (Lipinski definition) is 1. The third-order valence-corrected chi connectivity index (χ3v) is 4.05. The van der Waals surface area contributed by atoms with E-state index in [2.05, 4.69) is 20.2 Å². The molecule has 0 saturated heterocycles. The Balaban J connectivity index is 1.69. The molecular formula is C21H16N4O2. The van der Waals surface area contributed by atoms with Gasteiger partial charge in [0.2, 0.25) is 0 Å². The lowest BCUT2D eigenvalue weighted by Gasteiger charge is -2.06. The van der Waals surface area contributed by atoms with E-state index in [-0.39, 0.29) is 5.75 Å². The fraction of sp³-hybridized carbons (Fsp3) is 0.0476. The average Bonchev–Trinajstić information content (AvgIpc) is 2.73. The van der Waals surface area contributed by atoms with Gasteiger partial charge in [-0.3, -0.25) is 0 Å². The smallest absolute Gasteiger partial charge is 0.159 e. The fourth-order valence-corrected chi connectivity index (χ4v) is 2.68. The van der Waals surface area contributed by atoms with Gasteiger partial charge in [0.05, 0.1) is 24.2 Å². The minimum atomic E-state index is 0.123. The first-order chi connectivity index (χ1) is 13.2. The van der Waals surface area contributed by atoms with Crippen LogP contribution in [0.15, 0.2) is 83.2 Å². The van der Waals surface area contributed by atoms with Gasteiger partial charge in [0.1, 0.15) is 11.5 Å². The molecule has 0 spiro atoms. The number of pyridine rings is 2. The summed E-state index contributed by atoms with van der Waals surface area (Å²) in [6.45, 7) is 0. The number of ether oxygens (including phenoxy) is 1. The number of aromatic hydroxyl groups is 1. The normalized spacial score (nSPS) is 11.1. The summed E-state index contributed by atoms with van der Waals surface area (Å²) in [6.07, 6.45) is 1.69. The Kier molecular flexibility index (Phi) is 4.45. The molecule has 4 aromatic rings. The quantitative estimate of drug-likeness (QED) is 0.495. The van der Waals surface area contributed by atoms with Gasteiger partial charge in [-0.05, 0) is 54.6 Å². The molecule has 0 fully saturated rings. The zero-order valence-corrected chi connectivity index (χ0v) is 14.6. The summed E-state index contributed by atoms with van der Waals surface area (Å²) in [6, 6.07) is 19.9. The molecule has 0 radical (unpaired) electrons. The number of benzene rings is 2. The Hall–Kier alpha value is -3.80. The van der Waals surface area contributed by atoms with E-state index in [9.17, 15) is 5.11 Å². The van der Waals surface area contributed by atoms with Crippen molar-refractivity contribution in [3.05, 3.63) is 72.9 Å². The average molecular weight is 356 g/mol. The van der Waals surface area contributed by atoms with Gasteiger partial charge in [0.25, 0.3) is 0 Å². The van der Waals surface area contributed by atoms with E-state index in [1.54, 1.807) is 37.6 Å². The summed E-state index contributed by atoms with van der Waals surface area (Å²) in [7, 11) is 1.61. The second-order valence-electron chi connectivity index (χ2n) is 5.85. The molecule has 0 atom stereocenters. The van der Waals surface area contributed by atoms with Gasteiger partial charge in [-0.2, -0.15) is 10.2 Å². The lowest BCUT2D eigenvalue weighted by atomic mass is 10.1. The van der Waals surface area contributed by atoms with E-state index >= 15 is 0 Å². The van der Waals surface area contributed by atoms with Crippen LogP contribution in [0.25, 0.3) is 22.3 Å². The van der Waals surface area contributed by atoms with E-state index in [0.29, 0.717) is 34.0 Å². The molecule has 2 heterocycles. The van der Waals surface area contributed by atoms with Crippen molar-refractivity contribution in [2.45, 2.75) is 0 Å². The van der Waals surface area contributed by atoms with Gasteiger partial charge >= 0.3 is 0 Å². The van der Waals surface area contributed by atoms with Gasteiger partial charge in [-0.15, -0.1) is 0 Å². The highest BCUT2D eigenvalue weighted by molar-refractivity contribution is 5.80. The molecule has 0 aliphatic carbocycles. The van der Waals surface area contributed by atoms with E-state index in [1.807, 2.05) is 42.5 Å². The minimum Gasteiger partial charge on any atom is -0.507 e. The highest BCUT2D eigenvalue weighted by Crippen LogP contribution is 2.33. The van der Waals surface area contributed by atoms with Crippen LogP contribution in [0.5, 0.6) is 11.5 Å². The molecule has 6 heteroatoms. The van der Waals surface area contributed by atoms with E-state index in [1.165, 1.54) is 0 Å². The van der Waals surface area contributed by atoms with Crippen LogP contribution < -0.4 is 4.74 Å². The molecular weight excluding hydrogens is 340 g/mol. The number of rotatable bonds is 4. The van der Waals surface area contributed by atoms with Crippen molar-refractivity contribution in [1.82, 2.24) is 9.97 Å². The number of azo groups is 1. The first kappa shape index (κ1) is 16.7. The van der Waals surface area contributed by atoms with Crippen LogP contribution >= 0.6 is 0 Å². The molecule has 1 N–H and O–H groups in total. The zero-order valence-electron chi connectivity index (χ0n) is 14.6. The van der Waals surface area contributed by atoms with Crippen LogP contribution in [0.1, 0.15) is 0 Å². The van der Waals surface area contributed by atoms with Crippen LogP contribution in [-0.2, 0) is 0 Å². The Labute approximate surface area is 155 Å². The Morgan fingerprint density at radius 3 is 2.59 bits per heavy atom. The monoisotopic (exact) mass is 356 g/mol. The van der Waals surface area contributed by atoms with Crippen LogP contribution in [-0.4, -0.2) is 22.2 Å². The predicted octanol–water partition coefficient (Wildman–Crippen LogP) is 5.43. The summed E-state index contributed by atoms with van der Waals surface area (Å²) < 4.78 is 5.19. The molecule has 6 nitrogen and oxygen atoms in total. The maximum atomic E-state index is 10.3. The SMILES string of the molecule is COc1cccc(N=Nc2ccc(O)c(-c3ccc4cccnc4n3)c2)c1. The Morgan fingerprint density at radius 2 is 1.74 bits per heavy atom. The molecule has 2 aromatic heterocycles. The van der Waals surface area contributed by atoms with Crippen molar-refractivity contribution in [2.24, 2.45) is 10.2 Å². The maximum absolute atomic E-state index is 10.3. The molecule has 27 heavy (non-hydrogen) atoms. The van der Waals surface area contributed by atoms with Gasteiger partial charge < -0.3 is 9.84 Å². The van der Waals surface area contributed by atoms with Gasteiger partial charge in [-0.25, -0.2) is 9.97 Å². The highest BCUT2D eigenvalue weighted by atomic mass is 16.5. The van der Waals surface area contributed by atoms with Gasteiger partial charge in [0.15, 0.2) is 5.65 Å². The van der Waals surface area contributed by atoms with Crippen LogP contribution in [0.3, 0.4) is 0 Å². The second-order valence-corrected chi connectivity index (χ2v) is 5.85. The third kappa shape index (κ3) is 3.59. The summed E-state index contributed by atoms with van der Waals surface area (Å²) in [5.74, 6) is 0.837. The number of methoxy groups -OCH3 is 1. The molecule has 4 rings (SSSR count). The van der Waals surface area contributed by atoms with Crippen LogP contribution in [0.4, 0.5) is 11.4 Å². The number of phenolic OH excluding ortho intramolecular Hbond substituents is 1. The van der Waals surface area contributed by atoms with Crippen molar-refractivity contribution >= 4 is 22.4 Å². The number of phenols is 1. The molecule has 0 bridgehead atoms. The fourth-order valence-electron chi connectivity index (χ4n) is 2.68. The molecule has 0 aliphatic heterocycles. The minimum absolute atomic E-state index is 0.123. The van der Waals surface area contributed by atoms with Crippen LogP contribution in [0.2, 0.25) is 0 Å². The van der Waals surface area contributed by atoms with Crippen molar-refractivity contribution in [3.63, 3.8) is 0 Å². The lowest BCUT2D eigenvalue weighted by molar-refractivity contribution is 0.415. The summed E-state index contributed by atoms with van der Waals surface area (Å²) in [5.41, 5.74) is 3.10. The Morgan fingerprint density at radius 1 is 0.889 bits per heavy atom. The number of nitrogens with zero attached hydrogens (tertiary/aromatic N) is 4. The molecule has 0 unspecified atom stereocenters. The molecule has 132 valence electrons. The first-order valence-electron chi connectivity index (χ1n) is 8.34. The Bertz CT molecular complexity index is 1140. The van der Waals surface area contributed by atoms with E-state index < -0.39 is 0 Å². The molecule has 0 saturated carbocycles. The van der Waals surface area contributed by atoms with E-state index in [4.69, 9.17) is 4.74 Å². The number of hydrogen-bond acceptors (Lipinski definition) is 6. The van der Waals surface area contributed by atoms with Gasteiger partial charge in [-0.1, -0.05) is 6.07 Å². The van der Waals surface area contributed by atoms with E-state index in [0.717, 1.165) is 5.39 Å². The number of aromatic nitrogens is 2.